The number of amidine groups is 1. The number of hydrogen-bond donors (Lipinski definition) is 0. The summed E-state index contributed by atoms with van der Waals surface area (Å²) in [5.41, 5.74) is 0.860. The molecule has 1 aromatic carbocycles. The average molecular weight is 321 g/mol. The first kappa shape index (κ1) is 14.7. The molecule has 2 aliphatic rings. The summed E-state index contributed by atoms with van der Waals surface area (Å²) in [5.74, 6) is 0.502. The van der Waals surface area contributed by atoms with Gasteiger partial charge in [-0.2, -0.15) is 4.99 Å². The number of carbonyl (C=O) groups excluding carboxylic acids is 1. The highest BCUT2D eigenvalue weighted by molar-refractivity contribution is 8.18. The Bertz CT molecular complexity index is 626. The van der Waals surface area contributed by atoms with Crippen LogP contribution in [0.2, 0.25) is 5.02 Å². The zero-order valence-corrected chi connectivity index (χ0v) is 13.5. The van der Waals surface area contributed by atoms with Crippen LogP contribution in [-0.4, -0.2) is 29.1 Å². The van der Waals surface area contributed by atoms with E-state index in [1.807, 2.05) is 30.3 Å². The van der Waals surface area contributed by atoms with E-state index >= 15 is 0 Å². The molecular weight excluding hydrogens is 304 g/mol. The molecule has 21 heavy (non-hydrogen) atoms. The first-order chi connectivity index (χ1) is 10.1. The lowest BCUT2D eigenvalue weighted by atomic mass is 10.0. The van der Waals surface area contributed by atoms with Gasteiger partial charge < -0.3 is 4.90 Å². The van der Waals surface area contributed by atoms with Crippen molar-refractivity contribution < 1.29 is 4.79 Å². The molecule has 0 aliphatic carbocycles. The van der Waals surface area contributed by atoms with E-state index in [4.69, 9.17) is 11.6 Å². The Kier molecular flexibility index (Phi) is 4.36. The highest BCUT2D eigenvalue weighted by Gasteiger charge is 2.28. The van der Waals surface area contributed by atoms with E-state index in [1.54, 1.807) is 0 Å². The SMILES string of the molecule is CC1CCCN(C2=NC(=O)/C(=C\c3ccccc3Cl)S2)C1. The number of nitrogens with zero attached hydrogens (tertiary/aromatic N) is 2. The minimum atomic E-state index is -0.159. The number of carbonyl (C=O) groups is 1. The van der Waals surface area contributed by atoms with Crippen LogP contribution in [0, 0.1) is 5.92 Å². The Hall–Kier alpha value is -1.26. The quantitative estimate of drug-likeness (QED) is 0.732. The van der Waals surface area contributed by atoms with Gasteiger partial charge in [0, 0.05) is 18.1 Å². The zero-order valence-electron chi connectivity index (χ0n) is 11.9. The van der Waals surface area contributed by atoms with Crippen molar-refractivity contribution in [2.24, 2.45) is 10.9 Å². The van der Waals surface area contributed by atoms with Crippen LogP contribution in [0.15, 0.2) is 34.2 Å². The van der Waals surface area contributed by atoms with Crippen molar-refractivity contribution in [2.45, 2.75) is 19.8 Å². The molecule has 110 valence electrons. The molecule has 2 aliphatic heterocycles. The van der Waals surface area contributed by atoms with Crippen LogP contribution in [0.4, 0.5) is 0 Å². The predicted molar refractivity (Wildman–Crippen MR) is 89.4 cm³/mol. The number of piperidine rings is 1. The number of halogens is 1. The largest absolute Gasteiger partial charge is 0.351 e. The Balaban J connectivity index is 1.77. The molecule has 3 rings (SSSR count). The van der Waals surface area contributed by atoms with Gasteiger partial charge in [0.05, 0.1) is 4.91 Å². The van der Waals surface area contributed by atoms with Crippen LogP contribution < -0.4 is 0 Å². The minimum Gasteiger partial charge on any atom is -0.351 e. The van der Waals surface area contributed by atoms with E-state index in [2.05, 4.69) is 16.8 Å². The molecule has 1 amide bonds. The van der Waals surface area contributed by atoms with E-state index in [-0.39, 0.29) is 5.91 Å². The zero-order chi connectivity index (χ0) is 14.8. The summed E-state index contributed by atoms with van der Waals surface area (Å²) in [6, 6.07) is 7.53. The first-order valence-electron chi connectivity index (χ1n) is 7.15. The smallest absolute Gasteiger partial charge is 0.286 e. The lowest BCUT2D eigenvalue weighted by Crippen LogP contribution is -2.37. The van der Waals surface area contributed by atoms with E-state index in [1.165, 1.54) is 24.6 Å². The van der Waals surface area contributed by atoms with E-state index < -0.39 is 0 Å². The van der Waals surface area contributed by atoms with Crippen LogP contribution in [0.25, 0.3) is 6.08 Å². The molecule has 1 saturated heterocycles. The van der Waals surface area contributed by atoms with Gasteiger partial charge in [-0.15, -0.1) is 0 Å². The van der Waals surface area contributed by atoms with Gasteiger partial charge in [-0.25, -0.2) is 0 Å². The number of thioether (sulfide) groups is 1. The van der Waals surface area contributed by atoms with Crippen molar-refractivity contribution in [3.05, 3.63) is 39.8 Å². The highest BCUT2D eigenvalue weighted by Crippen LogP contribution is 2.33. The van der Waals surface area contributed by atoms with E-state index in [0.717, 1.165) is 23.8 Å². The van der Waals surface area contributed by atoms with Gasteiger partial charge in [0.15, 0.2) is 5.17 Å². The molecule has 0 radical (unpaired) electrons. The van der Waals surface area contributed by atoms with Crippen LogP contribution in [0.1, 0.15) is 25.3 Å². The molecule has 3 nitrogen and oxygen atoms in total. The Labute approximate surface area is 134 Å². The maximum absolute atomic E-state index is 12.1. The van der Waals surface area contributed by atoms with Crippen molar-refractivity contribution >= 4 is 40.5 Å². The summed E-state index contributed by atoms with van der Waals surface area (Å²) in [4.78, 5) is 19.2. The van der Waals surface area contributed by atoms with Gasteiger partial charge in [-0.3, -0.25) is 4.79 Å². The van der Waals surface area contributed by atoms with Gasteiger partial charge in [-0.1, -0.05) is 36.7 Å². The van der Waals surface area contributed by atoms with Crippen LogP contribution in [-0.2, 0) is 4.79 Å². The molecule has 0 bridgehead atoms. The molecule has 1 unspecified atom stereocenters. The molecular formula is C16H17ClN2OS. The maximum atomic E-state index is 12.1. The molecule has 5 heteroatoms. The number of benzene rings is 1. The summed E-state index contributed by atoms with van der Waals surface area (Å²) in [6.07, 6.45) is 4.25. The van der Waals surface area contributed by atoms with Gasteiger partial charge in [0.2, 0.25) is 0 Å². The van der Waals surface area contributed by atoms with Crippen molar-refractivity contribution in [1.82, 2.24) is 4.90 Å². The van der Waals surface area contributed by atoms with Gasteiger partial charge in [0.25, 0.3) is 5.91 Å². The number of aliphatic imine (C=N–C) groups is 1. The van der Waals surface area contributed by atoms with Gasteiger partial charge >= 0.3 is 0 Å². The molecule has 1 atom stereocenters. The lowest BCUT2D eigenvalue weighted by Gasteiger charge is -2.31. The Morgan fingerprint density at radius 3 is 3.00 bits per heavy atom. The summed E-state index contributed by atoms with van der Waals surface area (Å²) in [5, 5.41) is 1.49. The van der Waals surface area contributed by atoms with Gasteiger partial charge in [-0.05, 0) is 48.2 Å². The first-order valence-corrected chi connectivity index (χ1v) is 8.35. The number of hydrogen-bond acceptors (Lipinski definition) is 3. The number of amides is 1. The monoisotopic (exact) mass is 320 g/mol. The third-order valence-electron chi connectivity index (χ3n) is 3.73. The average Bonchev–Trinajstić information content (AvgIpc) is 2.83. The molecule has 2 heterocycles. The number of likely N-dealkylation sites (tertiary alicyclic amines) is 1. The molecule has 0 N–H and O–H groups in total. The molecule has 1 fully saturated rings. The van der Waals surface area contributed by atoms with Crippen molar-refractivity contribution in [3.8, 4) is 0 Å². The van der Waals surface area contributed by atoms with E-state index in [9.17, 15) is 4.79 Å². The fourth-order valence-corrected chi connectivity index (χ4v) is 3.76. The van der Waals surface area contributed by atoms with Crippen molar-refractivity contribution in [3.63, 3.8) is 0 Å². The summed E-state index contributed by atoms with van der Waals surface area (Å²) in [6.45, 7) is 4.22. The predicted octanol–water partition coefficient (Wildman–Crippen LogP) is 4.04. The molecule has 0 aromatic heterocycles. The van der Waals surface area contributed by atoms with Crippen LogP contribution >= 0.6 is 23.4 Å². The Morgan fingerprint density at radius 2 is 2.24 bits per heavy atom. The Morgan fingerprint density at radius 1 is 1.43 bits per heavy atom. The summed E-state index contributed by atoms with van der Waals surface area (Å²) in [7, 11) is 0. The molecule has 1 aromatic rings. The molecule has 0 saturated carbocycles. The van der Waals surface area contributed by atoms with E-state index in [0.29, 0.717) is 15.8 Å². The second kappa shape index (κ2) is 6.24. The topological polar surface area (TPSA) is 32.7 Å². The minimum absolute atomic E-state index is 0.159. The summed E-state index contributed by atoms with van der Waals surface area (Å²) >= 11 is 7.60. The number of rotatable bonds is 1. The van der Waals surface area contributed by atoms with Crippen molar-refractivity contribution in [1.29, 1.82) is 0 Å². The normalized spacial score (nSPS) is 24.6. The summed E-state index contributed by atoms with van der Waals surface area (Å²) < 4.78 is 0. The fourth-order valence-electron chi connectivity index (χ4n) is 2.63. The van der Waals surface area contributed by atoms with Crippen LogP contribution in [0.5, 0.6) is 0 Å². The second-order valence-corrected chi connectivity index (χ2v) is 6.94. The van der Waals surface area contributed by atoms with Crippen LogP contribution in [0.3, 0.4) is 0 Å². The van der Waals surface area contributed by atoms with Crippen molar-refractivity contribution in [2.75, 3.05) is 13.1 Å². The second-order valence-electron chi connectivity index (χ2n) is 5.53. The third-order valence-corrected chi connectivity index (χ3v) is 5.12. The lowest BCUT2D eigenvalue weighted by molar-refractivity contribution is -0.113. The standard InChI is InChI=1S/C16H17ClN2OS/c1-11-5-4-8-19(10-11)16-18-15(20)14(21-16)9-12-6-2-3-7-13(12)17/h2-3,6-7,9,11H,4-5,8,10H2,1H3/b14-9+. The molecule has 0 spiro atoms. The fraction of sp³-hybridized carbons (Fsp3) is 0.375. The third kappa shape index (κ3) is 3.33. The van der Waals surface area contributed by atoms with Gasteiger partial charge in [0.1, 0.15) is 0 Å². The highest BCUT2D eigenvalue weighted by atomic mass is 35.5. The maximum Gasteiger partial charge on any atom is 0.286 e.